The molecule has 0 radical (unpaired) electrons. The fourth-order valence-corrected chi connectivity index (χ4v) is 1.82. The number of aromatic amines is 1. The van der Waals surface area contributed by atoms with Crippen LogP contribution in [0.15, 0.2) is 53.7 Å². The molecule has 0 saturated carbocycles. The summed E-state index contributed by atoms with van der Waals surface area (Å²) in [5.41, 5.74) is 2.66. The number of imidazole rings is 1. The first kappa shape index (κ1) is 13.6. The average molecular weight is 297 g/mol. The van der Waals surface area contributed by atoms with E-state index in [0.717, 1.165) is 16.4 Å². The van der Waals surface area contributed by atoms with Gasteiger partial charge >= 0.3 is 5.69 Å². The van der Waals surface area contributed by atoms with Gasteiger partial charge in [0.1, 0.15) is 0 Å². The van der Waals surface area contributed by atoms with Crippen molar-refractivity contribution in [2.75, 3.05) is 5.43 Å². The van der Waals surface area contributed by atoms with E-state index in [1.165, 1.54) is 12.4 Å². The van der Waals surface area contributed by atoms with E-state index in [4.69, 9.17) is 5.11 Å². The standard InChI is InChI=1S/C14H11N5O3/c20-11-8-19(14(22)17-11)18-13(21)10-6-15-12(16-7-10)9-4-2-1-3-5-9/h1-8,20H,(H,17,22)(H,18,21). The maximum atomic E-state index is 12.0. The summed E-state index contributed by atoms with van der Waals surface area (Å²) in [6.45, 7) is 0. The molecule has 2 aromatic heterocycles. The average Bonchev–Trinajstić information content (AvgIpc) is 2.86. The molecule has 0 aliphatic rings. The van der Waals surface area contributed by atoms with Crippen LogP contribution in [0.3, 0.4) is 0 Å². The number of aromatic hydroxyl groups is 1. The number of nitrogens with one attached hydrogen (secondary N) is 2. The van der Waals surface area contributed by atoms with Crippen molar-refractivity contribution in [2.45, 2.75) is 0 Å². The van der Waals surface area contributed by atoms with E-state index < -0.39 is 11.6 Å². The van der Waals surface area contributed by atoms with E-state index in [9.17, 15) is 9.59 Å². The van der Waals surface area contributed by atoms with Crippen LogP contribution in [-0.2, 0) is 0 Å². The van der Waals surface area contributed by atoms with Gasteiger partial charge in [-0.05, 0) is 0 Å². The van der Waals surface area contributed by atoms with E-state index in [-0.39, 0.29) is 11.4 Å². The fraction of sp³-hybridized carbons (Fsp3) is 0. The Balaban J connectivity index is 1.79. The van der Waals surface area contributed by atoms with Gasteiger partial charge in [0.15, 0.2) is 5.82 Å². The summed E-state index contributed by atoms with van der Waals surface area (Å²) in [7, 11) is 0. The summed E-state index contributed by atoms with van der Waals surface area (Å²) in [5, 5.41) is 9.13. The van der Waals surface area contributed by atoms with Gasteiger partial charge in [-0.1, -0.05) is 30.3 Å². The number of hydrogen-bond donors (Lipinski definition) is 3. The molecule has 1 amide bonds. The van der Waals surface area contributed by atoms with Gasteiger partial charge < -0.3 is 5.11 Å². The Kier molecular flexibility index (Phi) is 3.40. The summed E-state index contributed by atoms with van der Waals surface area (Å²) in [6.07, 6.45) is 3.78. The van der Waals surface area contributed by atoms with Gasteiger partial charge in [0.05, 0.1) is 11.8 Å². The maximum Gasteiger partial charge on any atom is 0.347 e. The third kappa shape index (κ3) is 2.70. The number of nitrogens with zero attached hydrogens (tertiary/aromatic N) is 3. The molecule has 22 heavy (non-hydrogen) atoms. The second-order valence-corrected chi connectivity index (χ2v) is 4.42. The zero-order valence-electron chi connectivity index (χ0n) is 11.2. The molecule has 0 atom stereocenters. The normalized spacial score (nSPS) is 10.4. The minimum absolute atomic E-state index is 0.187. The Morgan fingerprint density at radius 1 is 1.18 bits per heavy atom. The lowest BCUT2D eigenvalue weighted by Gasteiger charge is -2.04. The monoisotopic (exact) mass is 297 g/mol. The van der Waals surface area contributed by atoms with Crippen LogP contribution in [0.25, 0.3) is 11.4 Å². The molecule has 0 fully saturated rings. The molecule has 110 valence electrons. The number of amides is 1. The Bertz CT molecular complexity index is 852. The topological polar surface area (TPSA) is 113 Å². The Hall–Kier alpha value is -3.42. The van der Waals surface area contributed by atoms with E-state index in [1.807, 2.05) is 30.3 Å². The molecule has 0 aliphatic heterocycles. The number of aromatic nitrogens is 4. The predicted octanol–water partition coefficient (Wildman–Crippen LogP) is 0.723. The minimum atomic E-state index is -0.660. The van der Waals surface area contributed by atoms with Crippen molar-refractivity contribution in [2.24, 2.45) is 0 Å². The molecule has 1 aromatic carbocycles. The first-order valence-electron chi connectivity index (χ1n) is 6.33. The number of hydrogen-bond acceptors (Lipinski definition) is 5. The zero-order valence-corrected chi connectivity index (χ0v) is 11.2. The van der Waals surface area contributed by atoms with Crippen molar-refractivity contribution in [3.63, 3.8) is 0 Å². The van der Waals surface area contributed by atoms with Crippen molar-refractivity contribution in [1.82, 2.24) is 19.6 Å². The van der Waals surface area contributed by atoms with Crippen LogP contribution in [0, 0.1) is 0 Å². The van der Waals surface area contributed by atoms with E-state index >= 15 is 0 Å². The largest absolute Gasteiger partial charge is 0.493 e. The highest BCUT2D eigenvalue weighted by Crippen LogP contribution is 2.13. The summed E-state index contributed by atoms with van der Waals surface area (Å²) in [5.74, 6) is -0.421. The second kappa shape index (κ2) is 5.52. The van der Waals surface area contributed by atoms with Crippen molar-refractivity contribution in [1.29, 1.82) is 0 Å². The van der Waals surface area contributed by atoms with Crippen LogP contribution >= 0.6 is 0 Å². The summed E-state index contributed by atoms with van der Waals surface area (Å²) in [4.78, 5) is 33.7. The van der Waals surface area contributed by atoms with Crippen molar-refractivity contribution in [3.8, 4) is 17.3 Å². The molecule has 0 bridgehead atoms. The first-order valence-corrected chi connectivity index (χ1v) is 6.33. The number of carbonyl (C=O) groups excluding carboxylic acids is 1. The van der Waals surface area contributed by atoms with Gasteiger partial charge in [-0.15, -0.1) is 0 Å². The second-order valence-electron chi connectivity index (χ2n) is 4.42. The Morgan fingerprint density at radius 3 is 2.45 bits per heavy atom. The first-order chi connectivity index (χ1) is 10.6. The maximum absolute atomic E-state index is 12.0. The summed E-state index contributed by atoms with van der Waals surface area (Å²) >= 11 is 0. The molecular weight excluding hydrogens is 286 g/mol. The number of benzene rings is 1. The SMILES string of the molecule is O=C(Nn1cc(O)[nH]c1=O)c1cnc(-c2ccccc2)nc1. The van der Waals surface area contributed by atoms with Crippen LogP contribution in [-0.4, -0.2) is 30.6 Å². The van der Waals surface area contributed by atoms with Crippen LogP contribution in [0.4, 0.5) is 0 Å². The number of rotatable bonds is 3. The molecule has 3 rings (SSSR count). The molecular formula is C14H11N5O3. The van der Waals surface area contributed by atoms with Gasteiger partial charge in [-0.2, -0.15) is 0 Å². The molecule has 2 heterocycles. The summed E-state index contributed by atoms with van der Waals surface area (Å²) in [6, 6.07) is 9.33. The van der Waals surface area contributed by atoms with Crippen molar-refractivity contribution in [3.05, 3.63) is 65.0 Å². The molecule has 3 N–H and O–H groups in total. The van der Waals surface area contributed by atoms with Gasteiger partial charge in [-0.3, -0.25) is 15.2 Å². The highest BCUT2D eigenvalue weighted by molar-refractivity contribution is 5.99. The molecule has 0 saturated heterocycles. The fourth-order valence-electron chi connectivity index (χ4n) is 1.82. The molecule has 0 aliphatic carbocycles. The number of H-pyrrole nitrogens is 1. The Morgan fingerprint density at radius 2 is 1.86 bits per heavy atom. The van der Waals surface area contributed by atoms with Crippen LogP contribution in [0.2, 0.25) is 0 Å². The molecule has 8 nitrogen and oxygen atoms in total. The van der Waals surface area contributed by atoms with Gasteiger partial charge in [-0.25, -0.2) is 19.4 Å². The van der Waals surface area contributed by atoms with Gasteiger partial charge in [0, 0.05) is 18.0 Å². The summed E-state index contributed by atoms with van der Waals surface area (Å²) < 4.78 is 0.836. The number of carbonyl (C=O) groups is 1. The third-order valence-electron chi connectivity index (χ3n) is 2.87. The third-order valence-corrected chi connectivity index (χ3v) is 2.87. The Labute approximate surface area is 124 Å². The smallest absolute Gasteiger partial charge is 0.347 e. The molecule has 0 unspecified atom stereocenters. The van der Waals surface area contributed by atoms with Crippen LogP contribution in [0.1, 0.15) is 10.4 Å². The quantitative estimate of drug-likeness (QED) is 0.659. The van der Waals surface area contributed by atoms with E-state index in [1.54, 1.807) is 0 Å². The highest BCUT2D eigenvalue weighted by atomic mass is 16.3. The lowest BCUT2D eigenvalue weighted by atomic mass is 10.2. The molecule has 3 aromatic rings. The zero-order chi connectivity index (χ0) is 15.5. The predicted molar refractivity (Wildman–Crippen MR) is 77.9 cm³/mol. The highest BCUT2D eigenvalue weighted by Gasteiger charge is 2.10. The van der Waals surface area contributed by atoms with Crippen LogP contribution < -0.4 is 11.1 Å². The van der Waals surface area contributed by atoms with Crippen molar-refractivity contribution >= 4 is 5.91 Å². The van der Waals surface area contributed by atoms with Crippen molar-refractivity contribution < 1.29 is 9.90 Å². The molecule has 0 spiro atoms. The van der Waals surface area contributed by atoms with Crippen LogP contribution in [0.5, 0.6) is 5.88 Å². The lowest BCUT2D eigenvalue weighted by molar-refractivity contribution is 0.101. The van der Waals surface area contributed by atoms with Gasteiger partial charge in [0.2, 0.25) is 5.88 Å². The molecule has 8 heteroatoms. The lowest BCUT2D eigenvalue weighted by Crippen LogP contribution is -2.31. The van der Waals surface area contributed by atoms with E-state index in [0.29, 0.717) is 5.82 Å². The van der Waals surface area contributed by atoms with Gasteiger partial charge in [0.25, 0.3) is 5.91 Å². The van der Waals surface area contributed by atoms with E-state index in [2.05, 4.69) is 20.4 Å². The minimum Gasteiger partial charge on any atom is -0.493 e.